The number of hydrogen-bond acceptors (Lipinski definition) is 4. The molecule has 98 valence electrons. The third-order valence-corrected chi connectivity index (χ3v) is 2.43. The molecule has 1 aromatic heterocycles. The number of aromatic nitrogens is 2. The fraction of sp³-hybridized carbons (Fsp3) is 0.0909. The largest absolute Gasteiger partial charge is 0.390 e. The van der Waals surface area contributed by atoms with Crippen LogP contribution in [0.3, 0.4) is 0 Å². The third kappa shape index (κ3) is 2.19. The van der Waals surface area contributed by atoms with Crippen LogP contribution < -0.4 is 0 Å². The fourth-order valence-corrected chi connectivity index (χ4v) is 1.56. The maximum Gasteiger partial charge on any atom is 0.390 e. The number of benzene rings is 1. The molecule has 1 aromatic carbocycles. The molecule has 0 saturated heterocycles. The molecule has 0 bridgehead atoms. The number of carbonyl (C=O) groups excluding carboxylic acids is 1. The average Bonchev–Trinajstić information content (AvgIpc) is 2.71. The number of rotatable bonds is 2. The van der Waals surface area contributed by atoms with Crippen LogP contribution in [0.4, 0.5) is 14.6 Å². The molecule has 0 amide bonds. The average molecular weight is 267 g/mol. The highest BCUT2D eigenvalue weighted by molar-refractivity contribution is 5.96. The zero-order valence-electron chi connectivity index (χ0n) is 9.63. The van der Waals surface area contributed by atoms with Crippen molar-refractivity contribution < 1.29 is 18.5 Å². The molecule has 1 heterocycles. The number of nitro groups is 1. The van der Waals surface area contributed by atoms with Gasteiger partial charge in [-0.1, -0.05) is 6.07 Å². The second-order valence-electron chi connectivity index (χ2n) is 3.71. The van der Waals surface area contributed by atoms with Crippen LogP contribution in [0.1, 0.15) is 16.1 Å². The third-order valence-electron chi connectivity index (χ3n) is 2.43. The number of nitrogens with zero attached hydrogens (tertiary/aromatic N) is 3. The molecule has 6 nitrogen and oxygen atoms in total. The van der Waals surface area contributed by atoms with Crippen molar-refractivity contribution in [2.75, 3.05) is 0 Å². The fourth-order valence-electron chi connectivity index (χ4n) is 1.56. The summed E-state index contributed by atoms with van der Waals surface area (Å²) in [6.07, 6.45) is 0. The molecule has 2 rings (SSSR count). The van der Waals surface area contributed by atoms with Crippen molar-refractivity contribution >= 4 is 11.7 Å². The lowest BCUT2D eigenvalue weighted by molar-refractivity contribution is -0.389. The van der Waals surface area contributed by atoms with Gasteiger partial charge in [-0.05, 0) is 24.0 Å². The Labute approximate surface area is 105 Å². The zero-order chi connectivity index (χ0) is 14.2. The van der Waals surface area contributed by atoms with Crippen molar-refractivity contribution in [3.63, 3.8) is 0 Å². The molecule has 0 aliphatic carbocycles. The van der Waals surface area contributed by atoms with Gasteiger partial charge in [-0.2, -0.15) is 0 Å². The summed E-state index contributed by atoms with van der Waals surface area (Å²) in [6.45, 7) is 1.37. The van der Waals surface area contributed by atoms with Gasteiger partial charge in [0.15, 0.2) is 0 Å². The Bertz CT molecular complexity index is 662. The van der Waals surface area contributed by atoms with E-state index in [1.165, 1.54) is 6.92 Å². The van der Waals surface area contributed by atoms with Crippen molar-refractivity contribution in [1.29, 1.82) is 0 Å². The lowest BCUT2D eigenvalue weighted by Crippen LogP contribution is -2.18. The Kier molecular flexibility index (Phi) is 3.07. The van der Waals surface area contributed by atoms with Gasteiger partial charge >= 0.3 is 11.7 Å². The van der Waals surface area contributed by atoms with Gasteiger partial charge < -0.3 is 10.1 Å². The maximum absolute atomic E-state index is 13.4. The summed E-state index contributed by atoms with van der Waals surface area (Å²) in [4.78, 5) is 21.7. The van der Waals surface area contributed by atoms with Gasteiger partial charge in [0.05, 0.1) is 16.9 Å². The molecule has 0 aliphatic heterocycles. The predicted molar refractivity (Wildman–Crippen MR) is 59.7 cm³/mol. The summed E-state index contributed by atoms with van der Waals surface area (Å²) in [6, 6.07) is 3.99. The maximum atomic E-state index is 13.4. The van der Waals surface area contributed by atoms with E-state index < -0.39 is 33.8 Å². The van der Waals surface area contributed by atoms with Crippen molar-refractivity contribution in [3.8, 4) is 0 Å². The van der Waals surface area contributed by atoms with Crippen molar-refractivity contribution in [3.05, 3.63) is 57.3 Å². The van der Waals surface area contributed by atoms with Crippen LogP contribution >= 0.6 is 0 Å². The van der Waals surface area contributed by atoms with Gasteiger partial charge in [0.1, 0.15) is 17.2 Å². The van der Waals surface area contributed by atoms with Crippen LogP contribution in [0, 0.1) is 28.7 Å². The highest BCUT2D eigenvalue weighted by atomic mass is 19.1. The summed E-state index contributed by atoms with van der Waals surface area (Å²) >= 11 is 0. The zero-order valence-corrected chi connectivity index (χ0v) is 9.63. The molecule has 0 spiro atoms. The molecule has 0 unspecified atom stereocenters. The van der Waals surface area contributed by atoms with Gasteiger partial charge in [-0.25, -0.2) is 8.78 Å². The van der Waals surface area contributed by atoms with Crippen LogP contribution in [-0.2, 0) is 0 Å². The summed E-state index contributed by atoms with van der Waals surface area (Å²) in [5, 5.41) is 13.9. The second kappa shape index (κ2) is 4.56. The summed E-state index contributed by atoms with van der Waals surface area (Å²) in [7, 11) is 0. The molecule has 0 aliphatic rings. The first-order chi connectivity index (χ1) is 8.91. The predicted octanol–water partition coefficient (Wildman–Crippen LogP) is 2.07. The molecule has 0 saturated carbocycles. The lowest BCUT2D eigenvalue weighted by Gasteiger charge is -2.02. The topological polar surface area (TPSA) is 78.0 Å². The molecule has 2 aromatic rings. The number of halogens is 2. The van der Waals surface area contributed by atoms with E-state index in [4.69, 9.17) is 0 Å². The summed E-state index contributed by atoms with van der Waals surface area (Å²) in [5.41, 5.74) is -0.692. The molecule has 0 fully saturated rings. The van der Waals surface area contributed by atoms with Gasteiger partial charge in [0, 0.05) is 0 Å². The minimum atomic E-state index is -1.10. The Morgan fingerprint density at radius 1 is 1.37 bits per heavy atom. The van der Waals surface area contributed by atoms with E-state index in [1.54, 1.807) is 0 Å². The molecular formula is C11H7F2N3O3. The van der Waals surface area contributed by atoms with Gasteiger partial charge in [0.2, 0.25) is 0 Å². The number of hydrogen-bond donors (Lipinski definition) is 0. The smallest absolute Gasteiger partial charge is 0.358 e. The molecular weight excluding hydrogens is 260 g/mol. The van der Waals surface area contributed by atoms with Crippen LogP contribution in [-0.4, -0.2) is 20.6 Å². The summed E-state index contributed by atoms with van der Waals surface area (Å²) < 4.78 is 27.5. The molecule has 0 atom stereocenters. The monoisotopic (exact) mass is 267 g/mol. The highest BCUT2D eigenvalue weighted by Gasteiger charge is 2.26. The van der Waals surface area contributed by atoms with Crippen LogP contribution in [0.15, 0.2) is 24.3 Å². The van der Waals surface area contributed by atoms with E-state index >= 15 is 0 Å². The van der Waals surface area contributed by atoms with Crippen LogP contribution in [0.2, 0.25) is 0 Å². The number of aryl methyl sites for hydroxylation is 1. The van der Waals surface area contributed by atoms with E-state index in [0.717, 1.165) is 24.3 Å². The number of carbonyl (C=O) groups is 1. The quantitative estimate of drug-likeness (QED) is 0.616. The lowest BCUT2D eigenvalue weighted by atomic mass is 10.2. The highest BCUT2D eigenvalue weighted by Crippen LogP contribution is 2.17. The molecule has 0 radical (unpaired) electrons. The van der Waals surface area contributed by atoms with E-state index in [-0.39, 0.29) is 5.69 Å². The molecule has 0 N–H and O–H groups in total. The Morgan fingerprint density at radius 2 is 1.95 bits per heavy atom. The van der Waals surface area contributed by atoms with Crippen LogP contribution in [0.25, 0.3) is 0 Å². The Hall–Kier alpha value is -2.64. The van der Waals surface area contributed by atoms with Crippen molar-refractivity contribution in [1.82, 2.24) is 9.78 Å². The van der Waals surface area contributed by atoms with Crippen molar-refractivity contribution in [2.45, 2.75) is 6.92 Å². The minimum Gasteiger partial charge on any atom is -0.358 e. The molecule has 19 heavy (non-hydrogen) atoms. The van der Waals surface area contributed by atoms with E-state index in [2.05, 4.69) is 5.10 Å². The molecule has 8 heteroatoms. The van der Waals surface area contributed by atoms with Gasteiger partial charge in [0.25, 0.3) is 0 Å². The SMILES string of the molecule is Cc1cc([N+](=O)[O-])nn1C(=O)c1c(F)cccc1F. The van der Waals surface area contributed by atoms with E-state index in [9.17, 15) is 23.7 Å². The van der Waals surface area contributed by atoms with Crippen LogP contribution in [0.5, 0.6) is 0 Å². The van der Waals surface area contributed by atoms with Gasteiger partial charge in [-0.3, -0.25) is 4.79 Å². The summed E-state index contributed by atoms with van der Waals surface area (Å²) in [5.74, 6) is -3.77. The van der Waals surface area contributed by atoms with E-state index in [1.807, 2.05) is 0 Å². The van der Waals surface area contributed by atoms with Crippen molar-refractivity contribution in [2.24, 2.45) is 0 Å². The van der Waals surface area contributed by atoms with E-state index in [0.29, 0.717) is 4.68 Å². The minimum absolute atomic E-state index is 0.111. The first-order valence-corrected chi connectivity index (χ1v) is 5.11. The first-order valence-electron chi connectivity index (χ1n) is 5.11. The Morgan fingerprint density at radius 3 is 2.42 bits per heavy atom. The first kappa shape index (κ1) is 12.8. The van der Waals surface area contributed by atoms with Gasteiger partial charge in [-0.15, -0.1) is 4.68 Å². The Balaban J connectivity index is 2.53. The second-order valence-corrected chi connectivity index (χ2v) is 3.71. The standard InChI is InChI=1S/C11H7F2N3O3/c1-6-5-9(16(18)19)14-15(6)11(17)10-7(12)3-2-4-8(10)13/h2-5H,1H3. The normalized spacial score (nSPS) is 10.5.